The first-order valence-electron chi connectivity index (χ1n) is 9.81. The van der Waals surface area contributed by atoms with Crippen molar-refractivity contribution in [3.8, 4) is 0 Å². The number of rotatable bonds is 15. The average Bonchev–Trinajstić information content (AvgIpc) is 2.66. The second kappa shape index (κ2) is 19.7. The second-order valence-electron chi connectivity index (χ2n) is 6.35. The van der Waals surface area contributed by atoms with E-state index in [1.807, 2.05) is 25.2 Å². The van der Waals surface area contributed by atoms with Gasteiger partial charge < -0.3 is 9.84 Å². The molecular weight excluding hydrogens is 320 g/mol. The molecule has 0 saturated heterocycles. The van der Waals surface area contributed by atoms with E-state index < -0.39 is 0 Å². The minimum Gasteiger partial charge on any atom is -0.396 e. The topological polar surface area (TPSA) is 29.5 Å². The number of methoxy groups -OCH3 is 1. The molecule has 1 N–H and O–H groups in total. The Labute approximate surface area is 161 Å². The Morgan fingerprint density at radius 1 is 0.769 bits per heavy atom. The molecule has 0 spiro atoms. The molecule has 2 nitrogen and oxygen atoms in total. The van der Waals surface area contributed by atoms with Crippen molar-refractivity contribution in [2.24, 2.45) is 5.92 Å². The van der Waals surface area contributed by atoms with E-state index in [-0.39, 0.29) is 18.6 Å². The van der Waals surface area contributed by atoms with Gasteiger partial charge in [0.2, 0.25) is 0 Å². The highest BCUT2D eigenvalue weighted by Gasteiger charge is 2.07. The van der Waals surface area contributed by atoms with Gasteiger partial charge in [-0.25, -0.2) is 0 Å². The fourth-order valence-corrected chi connectivity index (χ4v) is 2.22. The smallest absolute Gasteiger partial charge is 0.0758 e. The van der Waals surface area contributed by atoms with Crippen LogP contribution in [0.2, 0.25) is 0 Å². The van der Waals surface area contributed by atoms with Gasteiger partial charge in [-0.3, -0.25) is 0 Å². The van der Waals surface area contributed by atoms with Crippen molar-refractivity contribution in [3.63, 3.8) is 0 Å². The molecule has 0 aromatic carbocycles. The van der Waals surface area contributed by atoms with E-state index in [0.29, 0.717) is 0 Å². The Morgan fingerprint density at radius 2 is 1.27 bits per heavy atom. The van der Waals surface area contributed by atoms with E-state index in [4.69, 9.17) is 9.84 Å². The second-order valence-corrected chi connectivity index (χ2v) is 6.35. The lowest BCUT2D eigenvalue weighted by atomic mass is 10.0. The lowest BCUT2D eigenvalue weighted by Gasteiger charge is -2.14. The molecule has 0 aliphatic carbocycles. The highest BCUT2D eigenvalue weighted by Crippen LogP contribution is 2.09. The highest BCUT2D eigenvalue weighted by atomic mass is 16.5. The molecule has 0 aromatic heterocycles. The van der Waals surface area contributed by atoms with Gasteiger partial charge in [0.25, 0.3) is 0 Å². The molecule has 0 fully saturated rings. The summed E-state index contributed by atoms with van der Waals surface area (Å²) in [6.07, 6.45) is 31.9. The number of hydrogen-bond acceptors (Lipinski definition) is 2. The van der Waals surface area contributed by atoms with Gasteiger partial charge in [-0.05, 0) is 44.4 Å². The van der Waals surface area contributed by atoms with E-state index >= 15 is 0 Å². The van der Waals surface area contributed by atoms with Crippen LogP contribution in [0.1, 0.15) is 52.4 Å². The first-order valence-corrected chi connectivity index (χ1v) is 9.81. The molecule has 0 rings (SSSR count). The fourth-order valence-electron chi connectivity index (χ4n) is 2.22. The van der Waals surface area contributed by atoms with Crippen LogP contribution < -0.4 is 0 Å². The van der Waals surface area contributed by atoms with Crippen LogP contribution in [0.4, 0.5) is 0 Å². The number of aliphatic hydroxyl groups excluding tert-OH is 1. The van der Waals surface area contributed by atoms with Crippen molar-refractivity contribution in [1.82, 2.24) is 0 Å². The first-order chi connectivity index (χ1) is 12.7. The third kappa shape index (κ3) is 17.2. The Bertz CT molecular complexity index is 467. The maximum Gasteiger partial charge on any atom is 0.0758 e. The SMILES string of the molecule is CC/C=C\C/C=C\C/C=C\C/C=C\C/C=C\C=C\C(CC(C)CO)OC. The normalized spacial score (nSPS) is 15.7. The summed E-state index contributed by atoms with van der Waals surface area (Å²) in [6.45, 7) is 4.38. The van der Waals surface area contributed by atoms with Crippen LogP contribution in [-0.2, 0) is 4.74 Å². The Morgan fingerprint density at radius 3 is 1.73 bits per heavy atom. The standard InChI is InChI=1S/C24H38O2/c1-4-5-6-7-8-9-10-11-12-13-14-15-16-17-18-19-20-24(26-3)21-23(2)22-25/h5-6,8-9,11-12,14-15,17-20,23-25H,4,7,10,13,16,21-22H2,1-3H3/b6-5-,9-8-,12-11-,15-14-,18-17-,20-19+. The lowest BCUT2D eigenvalue weighted by molar-refractivity contribution is 0.104. The van der Waals surface area contributed by atoms with Crippen molar-refractivity contribution in [1.29, 1.82) is 0 Å². The number of ether oxygens (including phenoxy) is 1. The van der Waals surface area contributed by atoms with Crippen LogP contribution >= 0.6 is 0 Å². The summed E-state index contributed by atoms with van der Waals surface area (Å²) < 4.78 is 5.39. The molecule has 2 unspecified atom stereocenters. The Balaban J connectivity index is 3.79. The van der Waals surface area contributed by atoms with Crippen molar-refractivity contribution in [3.05, 3.63) is 72.9 Å². The summed E-state index contributed by atoms with van der Waals surface area (Å²) in [6, 6.07) is 0. The quantitative estimate of drug-likeness (QED) is 0.274. The van der Waals surface area contributed by atoms with Crippen LogP contribution in [0.3, 0.4) is 0 Å². The molecule has 2 atom stereocenters. The zero-order valence-electron chi connectivity index (χ0n) is 16.9. The van der Waals surface area contributed by atoms with Gasteiger partial charge in [0.15, 0.2) is 0 Å². The number of allylic oxidation sites excluding steroid dienone is 11. The highest BCUT2D eigenvalue weighted by molar-refractivity contribution is 5.07. The molecule has 0 aliphatic rings. The molecule has 0 bridgehead atoms. The van der Waals surface area contributed by atoms with Crippen LogP contribution in [0.15, 0.2) is 72.9 Å². The zero-order valence-corrected chi connectivity index (χ0v) is 16.9. The van der Waals surface area contributed by atoms with Crippen LogP contribution in [0, 0.1) is 5.92 Å². The maximum atomic E-state index is 9.08. The summed E-state index contributed by atoms with van der Waals surface area (Å²) in [5, 5.41) is 9.08. The minimum atomic E-state index is 0.0687. The van der Waals surface area contributed by atoms with Gasteiger partial charge in [-0.1, -0.05) is 86.8 Å². The number of aliphatic hydroxyl groups is 1. The monoisotopic (exact) mass is 358 g/mol. The van der Waals surface area contributed by atoms with Gasteiger partial charge in [0.1, 0.15) is 0 Å². The van der Waals surface area contributed by atoms with Gasteiger partial charge in [-0.2, -0.15) is 0 Å². The predicted molar refractivity (Wildman–Crippen MR) is 115 cm³/mol. The lowest BCUT2D eigenvalue weighted by Crippen LogP contribution is -2.14. The summed E-state index contributed by atoms with van der Waals surface area (Å²) in [4.78, 5) is 0. The fraction of sp³-hybridized carbons (Fsp3) is 0.500. The summed E-state index contributed by atoms with van der Waals surface area (Å²) in [5.74, 6) is 0.262. The Kier molecular flexibility index (Phi) is 18.4. The summed E-state index contributed by atoms with van der Waals surface area (Å²) in [5.41, 5.74) is 0. The van der Waals surface area contributed by atoms with Crippen LogP contribution in [0.25, 0.3) is 0 Å². The Hall–Kier alpha value is -1.64. The largest absolute Gasteiger partial charge is 0.396 e. The van der Waals surface area contributed by atoms with Crippen molar-refractivity contribution < 1.29 is 9.84 Å². The van der Waals surface area contributed by atoms with Gasteiger partial charge in [0.05, 0.1) is 6.10 Å². The minimum absolute atomic E-state index is 0.0687. The number of hydrogen-bond donors (Lipinski definition) is 1. The van der Waals surface area contributed by atoms with Gasteiger partial charge in [0, 0.05) is 13.7 Å². The zero-order chi connectivity index (χ0) is 19.3. The van der Waals surface area contributed by atoms with Gasteiger partial charge in [-0.15, -0.1) is 0 Å². The maximum absolute atomic E-state index is 9.08. The van der Waals surface area contributed by atoms with Crippen molar-refractivity contribution >= 4 is 0 Å². The molecule has 26 heavy (non-hydrogen) atoms. The van der Waals surface area contributed by atoms with Crippen LogP contribution in [-0.4, -0.2) is 24.9 Å². The first kappa shape index (κ1) is 24.4. The molecule has 0 saturated carbocycles. The van der Waals surface area contributed by atoms with Crippen molar-refractivity contribution in [2.75, 3.05) is 13.7 Å². The van der Waals surface area contributed by atoms with E-state index in [1.165, 1.54) is 0 Å². The molecule has 0 amide bonds. The molecule has 0 radical (unpaired) electrons. The molecule has 0 aliphatic heterocycles. The summed E-state index contributed by atoms with van der Waals surface area (Å²) in [7, 11) is 1.71. The molecule has 0 heterocycles. The molecule has 2 heteroatoms. The average molecular weight is 359 g/mol. The summed E-state index contributed by atoms with van der Waals surface area (Å²) >= 11 is 0. The third-order valence-corrected chi connectivity index (χ3v) is 3.81. The van der Waals surface area contributed by atoms with E-state index in [2.05, 4.69) is 61.6 Å². The molecular formula is C24H38O2. The van der Waals surface area contributed by atoms with E-state index in [1.54, 1.807) is 7.11 Å². The van der Waals surface area contributed by atoms with Crippen LogP contribution in [0.5, 0.6) is 0 Å². The van der Waals surface area contributed by atoms with E-state index in [9.17, 15) is 0 Å². The predicted octanol–water partition coefficient (Wildman–Crippen LogP) is 6.33. The molecule has 0 aromatic rings. The van der Waals surface area contributed by atoms with Crippen molar-refractivity contribution in [2.45, 2.75) is 58.5 Å². The molecule has 146 valence electrons. The van der Waals surface area contributed by atoms with E-state index in [0.717, 1.165) is 38.5 Å². The third-order valence-electron chi connectivity index (χ3n) is 3.81. The van der Waals surface area contributed by atoms with Gasteiger partial charge >= 0.3 is 0 Å².